The van der Waals surface area contributed by atoms with Crippen LogP contribution >= 0.6 is 0 Å². The molecule has 0 aliphatic heterocycles. The van der Waals surface area contributed by atoms with E-state index in [0.29, 0.717) is 17.6 Å². The maximum absolute atomic E-state index is 9.93. The number of benzene rings is 1. The summed E-state index contributed by atoms with van der Waals surface area (Å²) in [6.45, 7) is 6.45. The standard InChI is InChI=1S/C23H32N4O2/c1-4-6-18(28)14-29-19-8-5-7-16(11-19)21-12-22(26-17-9-10-17)20(13-24)23(27-21)25-15(2)3/h5,7-8,11-13,15,17-18,24,28H,4,6,9-10,14H2,1-3H3,(H2,25,26,27). The van der Waals surface area contributed by atoms with Gasteiger partial charge in [0.05, 0.1) is 17.4 Å². The van der Waals surface area contributed by atoms with Crippen LogP contribution in [0.3, 0.4) is 0 Å². The molecule has 29 heavy (non-hydrogen) atoms. The first kappa shape index (κ1) is 21.1. The Bertz CT molecular complexity index is 808. The average Bonchev–Trinajstić information content (AvgIpc) is 3.50. The van der Waals surface area contributed by atoms with Crippen molar-refractivity contribution >= 4 is 17.7 Å². The number of nitrogens with one attached hydrogen (secondary N) is 3. The third-order valence-corrected chi connectivity index (χ3v) is 4.76. The van der Waals surface area contributed by atoms with Gasteiger partial charge in [0.2, 0.25) is 0 Å². The first-order valence-electron chi connectivity index (χ1n) is 10.5. The molecule has 1 aliphatic carbocycles. The second-order valence-electron chi connectivity index (χ2n) is 7.96. The zero-order valence-electron chi connectivity index (χ0n) is 17.5. The van der Waals surface area contributed by atoms with Gasteiger partial charge in [0.25, 0.3) is 0 Å². The van der Waals surface area contributed by atoms with Crippen molar-refractivity contribution < 1.29 is 9.84 Å². The average molecular weight is 397 g/mol. The molecule has 0 bridgehead atoms. The number of aliphatic hydroxyl groups is 1. The minimum Gasteiger partial charge on any atom is -0.491 e. The Morgan fingerprint density at radius 1 is 1.31 bits per heavy atom. The van der Waals surface area contributed by atoms with Gasteiger partial charge in [-0.2, -0.15) is 0 Å². The van der Waals surface area contributed by atoms with Crippen LogP contribution in [0.15, 0.2) is 30.3 Å². The molecule has 1 heterocycles. The molecular weight excluding hydrogens is 364 g/mol. The fourth-order valence-corrected chi connectivity index (χ4v) is 3.15. The smallest absolute Gasteiger partial charge is 0.137 e. The number of nitrogens with zero attached hydrogens (tertiary/aromatic N) is 1. The van der Waals surface area contributed by atoms with E-state index in [2.05, 4.69) is 24.5 Å². The van der Waals surface area contributed by atoms with Crippen molar-refractivity contribution in [1.82, 2.24) is 4.98 Å². The van der Waals surface area contributed by atoms with Crippen molar-refractivity contribution in [3.63, 3.8) is 0 Å². The van der Waals surface area contributed by atoms with Gasteiger partial charge in [-0.15, -0.1) is 0 Å². The number of aromatic nitrogens is 1. The second kappa shape index (κ2) is 9.74. The largest absolute Gasteiger partial charge is 0.491 e. The van der Waals surface area contributed by atoms with E-state index in [0.717, 1.165) is 48.2 Å². The summed E-state index contributed by atoms with van der Waals surface area (Å²) in [5.41, 5.74) is 3.47. The maximum Gasteiger partial charge on any atom is 0.137 e. The van der Waals surface area contributed by atoms with Crippen LogP contribution in [-0.2, 0) is 0 Å². The van der Waals surface area contributed by atoms with Gasteiger partial charge in [-0.25, -0.2) is 4.98 Å². The normalized spacial score (nSPS) is 14.5. The van der Waals surface area contributed by atoms with E-state index in [-0.39, 0.29) is 12.6 Å². The van der Waals surface area contributed by atoms with Crippen LogP contribution in [0, 0.1) is 5.41 Å². The summed E-state index contributed by atoms with van der Waals surface area (Å²) in [5.74, 6) is 1.42. The summed E-state index contributed by atoms with van der Waals surface area (Å²) in [6, 6.07) is 10.5. The fraction of sp³-hybridized carbons (Fsp3) is 0.478. The molecule has 1 aliphatic rings. The van der Waals surface area contributed by atoms with E-state index in [1.807, 2.05) is 37.3 Å². The molecule has 1 unspecified atom stereocenters. The minimum absolute atomic E-state index is 0.208. The summed E-state index contributed by atoms with van der Waals surface area (Å²) < 4.78 is 5.78. The van der Waals surface area contributed by atoms with Gasteiger partial charge < -0.3 is 25.9 Å². The van der Waals surface area contributed by atoms with Gasteiger partial charge in [0.15, 0.2) is 0 Å². The van der Waals surface area contributed by atoms with Crippen LogP contribution < -0.4 is 15.4 Å². The van der Waals surface area contributed by atoms with Crippen molar-refractivity contribution in [3.8, 4) is 17.0 Å². The fourth-order valence-electron chi connectivity index (χ4n) is 3.15. The number of hydrogen-bond acceptors (Lipinski definition) is 6. The van der Waals surface area contributed by atoms with E-state index >= 15 is 0 Å². The Morgan fingerprint density at radius 3 is 2.76 bits per heavy atom. The molecule has 0 radical (unpaired) electrons. The first-order valence-corrected chi connectivity index (χ1v) is 10.5. The highest BCUT2D eigenvalue weighted by molar-refractivity contribution is 5.94. The van der Waals surface area contributed by atoms with Gasteiger partial charge >= 0.3 is 0 Å². The Balaban J connectivity index is 1.90. The monoisotopic (exact) mass is 396 g/mol. The van der Waals surface area contributed by atoms with Crippen molar-refractivity contribution in [3.05, 3.63) is 35.9 Å². The molecule has 0 saturated heterocycles. The maximum atomic E-state index is 9.93. The molecule has 1 fully saturated rings. The van der Waals surface area contributed by atoms with Crippen molar-refractivity contribution in [1.29, 1.82) is 5.41 Å². The van der Waals surface area contributed by atoms with E-state index < -0.39 is 6.10 Å². The summed E-state index contributed by atoms with van der Waals surface area (Å²) in [4.78, 5) is 4.80. The predicted octanol–water partition coefficient (Wildman–Crippen LogP) is 4.68. The highest BCUT2D eigenvalue weighted by atomic mass is 16.5. The molecule has 156 valence electrons. The lowest BCUT2D eigenvalue weighted by molar-refractivity contribution is 0.0994. The van der Waals surface area contributed by atoms with Crippen LogP contribution in [0.1, 0.15) is 52.0 Å². The SMILES string of the molecule is CCCC(O)COc1cccc(-c2cc(NC3CC3)c(C=N)c(NC(C)C)n2)c1. The Labute approximate surface area is 173 Å². The third kappa shape index (κ3) is 5.94. The molecule has 1 atom stereocenters. The van der Waals surface area contributed by atoms with Crippen LogP contribution in [0.25, 0.3) is 11.3 Å². The number of pyridine rings is 1. The summed E-state index contributed by atoms with van der Waals surface area (Å²) in [6.07, 6.45) is 4.88. The quantitative estimate of drug-likeness (QED) is 0.414. The number of rotatable bonds is 11. The number of aliphatic hydroxyl groups excluding tert-OH is 1. The first-order chi connectivity index (χ1) is 14.0. The number of ether oxygens (including phenoxy) is 1. The number of anilines is 2. The van der Waals surface area contributed by atoms with E-state index in [1.165, 1.54) is 6.21 Å². The molecule has 3 rings (SSSR count). The van der Waals surface area contributed by atoms with Gasteiger partial charge in [0.1, 0.15) is 18.2 Å². The Kier molecular flexibility index (Phi) is 7.09. The predicted molar refractivity (Wildman–Crippen MR) is 119 cm³/mol. The second-order valence-corrected chi connectivity index (χ2v) is 7.96. The third-order valence-electron chi connectivity index (χ3n) is 4.76. The highest BCUT2D eigenvalue weighted by Crippen LogP contribution is 2.33. The molecule has 0 spiro atoms. The Morgan fingerprint density at radius 2 is 2.10 bits per heavy atom. The lowest BCUT2D eigenvalue weighted by Crippen LogP contribution is -2.17. The van der Waals surface area contributed by atoms with Gasteiger partial charge in [-0.1, -0.05) is 25.5 Å². The molecule has 0 amide bonds. The van der Waals surface area contributed by atoms with E-state index in [1.54, 1.807) is 0 Å². The summed E-state index contributed by atoms with van der Waals surface area (Å²) in [7, 11) is 0. The molecule has 6 heteroatoms. The molecule has 6 nitrogen and oxygen atoms in total. The molecule has 1 aromatic carbocycles. The molecule has 1 saturated carbocycles. The van der Waals surface area contributed by atoms with Crippen molar-refractivity contribution in [2.45, 2.75) is 64.6 Å². The molecule has 4 N–H and O–H groups in total. The summed E-state index contributed by atoms with van der Waals surface area (Å²) >= 11 is 0. The minimum atomic E-state index is -0.454. The number of hydrogen-bond donors (Lipinski definition) is 4. The van der Waals surface area contributed by atoms with Crippen molar-refractivity contribution in [2.24, 2.45) is 0 Å². The Hall–Kier alpha value is -2.60. The van der Waals surface area contributed by atoms with Crippen LogP contribution in [0.2, 0.25) is 0 Å². The van der Waals surface area contributed by atoms with Crippen LogP contribution in [0.5, 0.6) is 5.75 Å². The lowest BCUT2D eigenvalue weighted by Gasteiger charge is -2.18. The van der Waals surface area contributed by atoms with Gasteiger partial charge in [0, 0.05) is 29.5 Å². The topological polar surface area (TPSA) is 90.3 Å². The zero-order chi connectivity index (χ0) is 20.8. The highest BCUT2D eigenvalue weighted by Gasteiger charge is 2.23. The van der Waals surface area contributed by atoms with E-state index in [9.17, 15) is 5.11 Å². The molecule has 2 aromatic rings. The zero-order valence-corrected chi connectivity index (χ0v) is 17.5. The molecular formula is C23H32N4O2. The van der Waals surface area contributed by atoms with Gasteiger partial charge in [-0.3, -0.25) is 0 Å². The van der Waals surface area contributed by atoms with E-state index in [4.69, 9.17) is 15.1 Å². The van der Waals surface area contributed by atoms with Gasteiger partial charge in [-0.05, 0) is 51.3 Å². The van der Waals surface area contributed by atoms with Crippen LogP contribution in [-0.4, -0.2) is 41.1 Å². The summed E-state index contributed by atoms with van der Waals surface area (Å²) in [5, 5.41) is 24.7. The van der Waals surface area contributed by atoms with Crippen LogP contribution in [0.4, 0.5) is 11.5 Å². The lowest BCUT2D eigenvalue weighted by atomic mass is 10.1. The van der Waals surface area contributed by atoms with Crippen molar-refractivity contribution in [2.75, 3.05) is 17.2 Å². The molecule has 1 aromatic heterocycles.